The van der Waals surface area contributed by atoms with Crippen molar-refractivity contribution in [3.8, 4) is 11.1 Å². The molecule has 2 fully saturated rings. The number of amides is 1. The van der Waals surface area contributed by atoms with Gasteiger partial charge in [-0.25, -0.2) is 19.2 Å². The monoisotopic (exact) mass is 732 g/mol. The predicted molar refractivity (Wildman–Crippen MR) is 198 cm³/mol. The Morgan fingerprint density at radius 2 is 1.57 bits per heavy atom. The van der Waals surface area contributed by atoms with Gasteiger partial charge in [-0.1, -0.05) is 50.9 Å². The molecule has 2 aliphatic rings. The summed E-state index contributed by atoms with van der Waals surface area (Å²) in [4.78, 5) is 26.5. The molecule has 5 heterocycles. The van der Waals surface area contributed by atoms with Crippen LogP contribution in [0.5, 0.6) is 0 Å². The average Bonchev–Trinajstić information content (AvgIpc) is 3.53. The van der Waals surface area contributed by atoms with Gasteiger partial charge in [0.05, 0.1) is 6.20 Å². The largest absolute Gasteiger partial charge is 0.444 e. The Balaban J connectivity index is 1.52. The Morgan fingerprint density at radius 1 is 0.980 bits per heavy atom. The lowest BCUT2D eigenvalue weighted by atomic mass is 9.88. The first-order valence-corrected chi connectivity index (χ1v) is 25.3. The van der Waals surface area contributed by atoms with Gasteiger partial charge in [-0.15, -0.1) is 0 Å². The molecule has 5 rings (SSSR count). The van der Waals surface area contributed by atoms with Gasteiger partial charge >= 0.3 is 6.09 Å². The molecule has 0 radical (unpaired) electrons. The summed E-state index contributed by atoms with van der Waals surface area (Å²) in [5, 5.41) is 4.58. The van der Waals surface area contributed by atoms with Gasteiger partial charge in [0.25, 0.3) is 0 Å². The van der Waals surface area contributed by atoms with Gasteiger partial charge in [-0.2, -0.15) is 9.61 Å². The van der Waals surface area contributed by atoms with E-state index in [1.807, 2.05) is 25.7 Å². The van der Waals surface area contributed by atoms with E-state index < -0.39 is 27.6 Å². The van der Waals surface area contributed by atoms with Gasteiger partial charge in [0.2, 0.25) is 0 Å². The van der Waals surface area contributed by atoms with Crippen LogP contribution in [-0.2, 0) is 14.2 Å². The highest BCUT2D eigenvalue weighted by molar-refractivity contribution is 6.76. The van der Waals surface area contributed by atoms with Crippen LogP contribution in [0.1, 0.15) is 58.1 Å². The van der Waals surface area contributed by atoms with E-state index in [9.17, 15) is 9.18 Å². The molecule has 0 saturated carbocycles. The van der Waals surface area contributed by atoms with Gasteiger partial charge in [-0.3, -0.25) is 0 Å². The summed E-state index contributed by atoms with van der Waals surface area (Å²) in [6.07, 6.45) is 6.43. The van der Waals surface area contributed by atoms with E-state index in [4.69, 9.17) is 35.9 Å². The van der Waals surface area contributed by atoms with Crippen LogP contribution in [-0.4, -0.2) is 91.1 Å². The van der Waals surface area contributed by atoms with Crippen molar-refractivity contribution in [1.82, 2.24) is 24.5 Å². The second kappa shape index (κ2) is 14.9. The maximum atomic E-state index is 14.6. The van der Waals surface area contributed by atoms with Crippen molar-refractivity contribution in [3.05, 3.63) is 41.2 Å². The quantitative estimate of drug-likeness (QED) is 0.0746. The van der Waals surface area contributed by atoms with Gasteiger partial charge in [0.15, 0.2) is 16.6 Å². The van der Waals surface area contributed by atoms with Crippen LogP contribution in [0.25, 0.3) is 16.8 Å². The van der Waals surface area contributed by atoms with E-state index in [1.54, 1.807) is 16.9 Å². The molecular weight excluding hydrogens is 679 g/mol. The highest BCUT2D eigenvalue weighted by Gasteiger charge is 2.45. The molecule has 10 nitrogen and oxygen atoms in total. The molecule has 0 N–H and O–H groups in total. The number of halogens is 2. The van der Waals surface area contributed by atoms with E-state index >= 15 is 0 Å². The van der Waals surface area contributed by atoms with Crippen LogP contribution in [0.15, 0.2) is 24.5 Å². The summed E-state index contributed by atoms with van der Waals surface area (Å²) >= 11 is 5.94. The summed E-state index contributed by atoms with van der Waals surface area (Å²) < 4.78 is 34.8. The molecule has 2 bridgehead atoms. The summed E-state index contributed by atoms with van der Waals surface area (Å²) in [5.74, 6) is 0.288. The molecule has 0 aromatic carbocycles. The number of carbonyl (C=O) groups is 1. The standard InChI is InChI=1S/C35H54ClFN6O4Si2/c1-35(2,3)47-34(44)42-26-10-11-27(42)17-24(16-26)30-19-31(41(22-45-12-14-48(4,5)6)23-46-13-15-49(7,8)9)43-33(40-30)28(21-39-43)25-18-29(37)32(36)38-20-25/h18-21,24,26-27H,10-17,22-23H2,1-9H3/t24?,26-,27+. The van der Waals surface area contributed by atoms with E-state index in [-0.39, 0.29) is 29.2 Å². The van der Waals surface area contributed by atoms with E-state index in [2.05, 4.69) is 55.2 Å². The summed E-state index contributed by atoms with van der Waals surface area (Å²) in [7, 11) is -2.59. The zero-order valence-electron chi connectivity index (χ0n) is 30.7. The number of nitrogens with zero attached hydrogens (tertiary/aromatic N) is 6. The van der Waals surface area contributed by atoms with Crippen LogP contribution in [0.2, 0.25) is 56.5 Å². The number of hydrogen-bond donors (Lipinski definition) is 0. The van der Waals surface area contributed by atoms with E-state index in [1.165, 1.54) is 6.07 Å². The molecule has 1 amide bonds. The Morgan fingerprint density at radius 3 is 2.10 bits per heavy atom. The minimum absolute atomic E-state index is 0.0740. The second-order valence-corrected chi connectivity index (χ2v) is 28.6. The number of hydrogen-bond acceptors (Lipinski definition) is 8. The highest BCUT2D eigenvalue weighted by Crippen LogP contribution is 2.44. The van der Waals surface area contributed by atoms with E-state index in [0.29, 0.717) is 43.4 Å². The molecule has 3 atom stereocenters. The number of anilines is 1. The fourth-order valence-corrected chi connectivity index (χ4v) is 8.10. The Hall–Kier alpha value is -2.59. The van der Waals surface area contributed by atoms with Gasteiger partial charge in [0, 0.05) is 76.4 Å². The van der Waals surface area contributed by atoms with Gasteiger partial charge < -0.3 is 24.0 Å². The molecule has 49 heavy (non-hydrogen) atoms. The zero-order valence-corrected chi connectivity index (χ0v) is 33.4. The molecule has 14 heteroatoms. The third-order valence-corrected chi connectivity index (χ3v) is 12.8. The van der Waals surface area contributed by atoms with Crippen LogP contribution in [0.4, 0.5) is 15.0 Å². The minimum atomic E-state index is -1.29. The van der Waals surface area contributed by atoms with Crippen molar-refractivity contribution in [2.45, 2.75) is 121 Å². The third-order valence-electron chi connectivity index (χ3n) is 9.15. The lowest BCUT2D eigenvalue weighted by Crippen LogP contribution is -2.48. The van der Waals surface area contributed by atoms with E-state index in [0.717, 1.165) is 49.3 Å². The van der Waals surface area contributed by atoms with Gasteiger partial charge in [0.1, 0.15) is 24.9 Å². The normalized spacial score (nSPS) is 19.9. The molecule has 3 aromatic heterocycles. The number of aromatic nitrogens is 4. The SMILES string of the molecule is CC(C)(C)OC(=O)N1[C@@H]2CC[C@H]1CC(c1cc(N(COCC[Si](C)(C)C)COCC[Si](C)(C)C)n3ncc(-c4cnc(Cl)c(F)c4)c3n1)C2. The van der Waals surface area contributed by atoms with Crippen molar-refractivity contribution < 1.29 is 23.4 Å². The lowest BCUT2D eigenvalue weighted by molar-refractivity contribution is 0.00569. The van der Waals surface area contributed by atoms with Crippen LogP contribution in [0, 0.1) is 5.82 Å². The molecule has 3 aromatic rings. The van der Waals surface area contributed by atoms with Crippen molar-refractivity contribution in [1.29, 1.82) is 0 Å². The molecule has 270 valence electrons. The maximum absolute atomic E-state index is 14.6. The molecule has 1 unspecified atom stereocenters. The first-order chi connectivity index (χ1) is 22.9. The summed E-state index contributed by atoms with van der Waals surface area (Å²) in [6, 6.07) is 5.72. The van der Waals surface area contributed by atoms with Crippen molar-refractivity contribution in [2.75, 3.05) is 31.6 Å². The molecule has 2 saturated heterocycles. The maximum Gasteiger partial charge on any atom is 0.410 e. The minimum Gasteiger partial charge on any atom is -0.444 e. The predicted octanol–water partition coefficient (Wildman–Crippen LogP) is 8.66. The van der Waals surface area contributed by atoms with Gasteiger partial charge in [-0.05, 0) is 64.6 Å². The Labute approximate surface area is 297 Å². The first kappa shape index (κ1) is 37.7. The Bertz CT molecular complexity index is 1590. The number of carbonyl (C=O) groups excluding carboxylic acids is 1. The number of ether oxygens (including phenoxy) is 3. The topological polar surface area (TPSA) is 94.3 Å². The van der Waals surface area contributed by atoms with Crippen LogP contribution in [0.3, 0.4) is 0 Å². The number of fused-ring (bicyclic) bond motifs is 3. The summed E-state index contributed by atoms with van der Waals surface area (Å²) in [5.41, 5.74) is 2.13. The fourth-order valence-electron chi connectivity index (χ4n) is 6.48. The zero-order chi connectivity index (χ0) is 35.7. The van der Waals surface area contributed by atoms with Crippen LogP contribution >= 0.6 is 11.6 Å². The number of rotatable bonds is 13. The molecule has 0 aliphatic carbocycles. The smallest absolute Gasteiger partial charge is 0.410 e. The average molecular weight is 733 g/mol. The molecule has 2 aliphatic heterocycles. The fraction of sp³-hybridized carbons (Fsp3) is 0.657. The number of pyridine rings is 1. The first-order valence-electron chi connectivity index (χ1n) is 17.5. The van der Waals surface area contributed by atoms with Crippen LogP contribution < -0.4 is 4.90 Å². The summed E-state index contributed by atoms with van der Waals surface area (Å²) in [6.45, 7) is 21.7. The second-order valence-electron chi connectivity index (χ2n) is 17.0. The molecular formula is C35H54ClFN6O4Si2. The van der Waals surface area contributed by atoms with Crippen molar-refractivity contribution in [3.63, 3.8) is 0 Å². The highest BCUT2D eigenvalue weighted by atomic mass is 35.5. The third kappa shape index (κ3) is 9.81. The molecule has 0 spiro atoms. The Kier molecular flexibility index (Phi) is 11.5. The lowest BCUT2D eigenvalue weighted by Gasteiger charge is -2.39. The van der Waals surface area contributed by atoms with Crippen molar-refractivity contribution in [2.24, 2.45) is 0 Å². The number of piperidine rings is 1. The van der Waals surface area contributed by atoms with Crippen molar-refractivity contribution >= 4 is 45.3 Å².